The van der Waals surface area contributed by atoms with Crippen LogP contribution in [0.5, 0.6) is 0 Å². The van der Waals surface area contributed by atoms with Crippen LogP contribution in [0.2, 0.25) is 0 Å². The van der Waals surface area contributed by atoms with Crippen molar-refractivity contribution >= 4 is 8.25 Å². The summed E-state index contributed by atoms with van der Waals surface area (Å²) in [5, 5.41) is 0. The predicted octanol–water partition coefficient (Wildman–Crippen LogP) is 6.12. The molecule has 0 amide bonds. The topological polar surface area (TPSA) is 35.5 Å². The van der Waals surface area contributed by atoms with Gasteiger partial charge in [0.25, 0.3) is 0 Å². The summed E-state index contributed by atoms with van der Waals surface area (Å²) in [5.74, 6) is 0. The van der Waals surface area contributed by atoms with Crippen LogP contribution in [0.25, 0.3) is 0 Å². The van der Waals surface area contributed by atoms with E-state index in [1.807, 2.05) is 0 Å². The molecule has 0 heterocycles. The lowest BCUT2D eigenvalue weighted by molar-refractivity contribution is -0.138. The molecule has 2 aromatic rings. The van der Waals surface area contributed by atoms with Crippen LogP contribution in [0, 0.1) is 0 Å². The molecule has 0 bridgehead atoms. The lowest BCUT2D eigenvalue weighted by Gasteiger charge is -2.06. The third-order valence-electron chi connectivity index (χ3n) is 3.24. The van der Waals surface area contributed by atoms with Crippen LogP contribution < -0.4 is 0 Å². The van der Waals surface area contributed by atoms with Crippen molar-refractivity contribution in [3.05, 3.63) is 70.8 Å². The molecule has 0 saturated carbocycles. The van der Waals surface area contributed by atoms with Crippen molar-refractivity contribution in [2.24, 2.45) is 0 Å². The zero-order chi connectivity index (χ0) is 19.4. The molecule has 0 spiro atoms. The first-order valence-electron chi connectivity index (χ1n) is 7.11. The summed E-state index contributed by atoms with van der Waals surface area (Å²) in [6.45, 7) is -0.472. The first-order chi connectivity index (χ1) is 12.1. The number of alkyl halides is 6. The summed E-state index contributed by atoms with van der Waals surface area (Å²) in [6, 6.07) is 8.21. The second-order valence-electron chi connectivity index (χ2n) is 5.16. The van der Waals surface area contributed by atoms with Crippen molar-refractivity contribution in [1.29, 1.82) is 0 Å². The molecule has 0 N–H and O–H groups in total. The van der Waals surface area contributed by atoms with Gasteiger partial charge >= 0.3 is 20.6 Å². The Morgan fingerprint density at radius 1 is 0.654 bits per heavy atom. The van der Waals surface area contributed by atoms with Gasteiger partial charge in [-0.15, -0.1) is 9.05 Å². The van der Waals surface area contributed by atoms with E-state index in [2.05, 4.69) is 0 Å². The summed E-state index contributed by atoms with van der Waals surface area (Å²) in [7, 11) is -2.58. The van der Waals surface area contributed by atoms with E-state index < -0.39 is 31.7 Å². The Hall–Kier alpha value is -1.96. The molecule has 26 heavy (non-hydrogen) atoms. The number of hydrogen-bond donors (Lipinski definition) is 0. The second-order valence-corrected chi connectivity index (χ2v) is 6.12. The first-order valence-corrected chi connectivity index (χ1v) is 8.20. The van der Waals surface area contributed by atoms with Gasteiger partial charge in [-0.05, 0) is 35.4 Å². The third kappa shape index (κ3) is 6.09. The minimum absolute atomic E-state index is 0.236. The first kappa shape index (κ1) is 20.4. The molecule has 140 valence electrons. The van der Waals surface area contributed by atoms with E-state index in [9.17, 15) is 30.9 Å². The highest BCUT2D eigenvalue weighted by molar-refractivity contribution is 7.33. The van der Waals surface area contributed by atoms with Gasteiger partial charge in [-0.2, -0.15) is 26.3 Å². The molecular weight excluding hydrogens is 385 g/mol. The standard InChI is InChI=1S/C16H12F6O3P/c17-15(18,19)13-5-1-11(2-6-13)9-24-26(23)25-10-12-3-7-14(8-4-12)16(20,21)22/h1-8H,9-10H2/q+1. The number of benzene rings is 2. The van der Waals surface area contributed by atoms with E-state index in [0.29, 0.717) is 11.1 Å². The largest absolute Gasteiger partial charge is 0.698 e. The summed E-state index contributed by atoms with van der Waals surface area (Å²) < 4.78 is 95.9. The van der Waals surface area contributed by atoms with E-state index >= 15 is 0 Å². The van der Waals surface area contributed by atoms with Gasteiger partial charge in [-0.1, -0.05) is 24.3 Å². The number of hydrogen-bond acceptors (Lipinski definition) is 3. The smallest absolute Gasteiger partial charge is 0.166 e. The number of rotatable bonds is 6. The van der Waals surface area contributed by atoms with Gasteiger partial charge in [-0.25, -0.2) is 0 Å². The molecule has 0 aliphatic rings. The SMILES string of the molecule is O=[P+](OCc1ccc(C(F)(F)F)cc1)OCc1ccc(C(F)(F)F)cc1. The molecule has 0 aliphatic carbocycles. The van der Waals surface area contributed by atoms with Gasteiger partial charge in [0.2, 0.25) is 0 Å². The van der Waals surface area contributed by atoms with Crippen LogP contribution in [0.1, 0.15) is 22.3 Å². The van der Waals surface area contributed by atoms with Gasteiger partial charge in [0.1, 0.15) is 13.2 Å². The van der Waals surface area contributed by atoms with Crippen LogP contribution in [0.4, 0.5) is 26.3 Å². The summed E-state index contributed by atoms with van der Waals surface area (Å²) in [4.78, 5) is 0. The quantitative estimate of drug-likeness (QED) is 0.436. The van der Waals surface area contributed by atoms with Crippen LogP contribution in [0.15, 0.2) is 48.5 Å². The minimum atomic E-state index is -4.45. The second kappa shape index (κ2) is 8.16. The zero-order valence-corrected chi connectivity index (χ0v) is 13.9. The van der Waals surface area contributed by atoms with Crippen LogP contribution in [-0.2, 0) is 39.2 Å². The Labute approximate surface area is 145 Å². The van der Waals surface area contributed by atoms with Crippen molar-refractivity contribution in [3.63, 3.8) is 0 Å². The lowest BCUT2D eigenvalue weighted by Crippen LogP contribution is -2.04. The van der Waals surface area contributed by atoms with Crippen molar-refractivity contribution in [2.45, 2.75) is 25.6 Å². The highest BCUT2D eigenvalue weighted by atomic mass is 31.1. The Bertz CT molecular complexity index is 675. The van der Waals surface area contributed by atoms with E-state index in [-0.39, 0.29) is 13.2 Å². The average Bonchev–Trinajstić information content (AvgIpc) is 2.57. The van der Waals surface area contributed by atoms with Gasteiger partial charge in [0.15, 0.2) is 0 Å². The molecule has 2 aromatic carbocycles. The molecule has 3 nitrogen and oxygen atoms in total. The average molecular weight is 397 g/mol. The minimum Gasteiger partial charge on any atom is -0.166 e. The fourth-order valence-corrected chi connectivity index (χ4v) is 2.46. The van der Waals surface area contributed by atoms with E-state index in [1.165, 1.54) is 24.3 Å². The molecule has 0 atom stereocenters. The van der Waals surface area contributed by atoms with Gasteiger partial charge < -0.3 is 0 Å². The normalized spacial score (nSPS) is 12.2. The molecule has 2 rings (SSSR count). The zero-order valence-electron chi connectivity index (χ0n) is 13.0. The van der Waals surface area contributed by atoms with Crippen molar-refractivity contribution < 1.29 is 40.0 Å². The third-order valence-corrected chi connectivity index (χ3v) is 3.92. The van der Waals surface area contributed by atoms with E-state index in [4.69, 9.17) is 9.05 Å². The van der Waals surface area contributed by atoms with Crippen molar-refractivity contribution in [2.75, 3.05) is 0 Å². The van der Waals surface area contributed by atoms with Crippen molar-refractivity contribution in [1.82, 2.24) is 0 Å². The van der Waals surface area contributed by atoms with E-state index in [1.54, 1.807) is 0 Å². The monoisotopic (exact) mass is 397 g/mol. The molecule has 0 radical (unpaired) electrons. The lowest BCUT2D eigenvalue weighted by atomic mass is 10.1. The molecule has 0 fully saturated rings. The fraction of sp³-hybridized carbons (Fsp3) is 0.250. The Morgan fingerprint density at radius 3 is 1.23 bits per heavy atom. The molecule has 0 unspecified atom stereocenters. The van der Waals surface area contributed by atoms with Crippen LogP contribution in [0.3, 0.4) is 0 Å². The summed E-state index contributed by atoms with van der Waals surface area (Å²) in [6.07, 6.45) is -8.90. The highest BCUT2D eigenvalue weighted by Crippen LogP contribution is 2.32. The van der Waals surface area contributed by atoms with Crippen LogP contribution in [-0.4, -0.2) is 0 Å². The predicted molar refractivity (Wildman–Crippen MR) is 80.1 cm³/mol. The van der Waals surface area contributed by atoms with E-state index in [0.717, 1.165) is 24.3 Å². The fourth-order valence-electron chi connectivity index (χ4n) is 1.87. The number of halogens is 6. The molecule has 0 aliphatic heterocycles. The maximum Gasteiger partial charge on any atom is 0.698 e. The van der Waals surface area contributed by atoms with Gasteiger partial charge in [-0.3, -0.25) is 0 Å². The maximum absolute atomic E-state index is 12.4. The van der Waals surface area contributed by atoms with Crippen LogP contribution >= 0.6 is 8.25 Å². The highest BCUT2D eigenvalue weighted by Gasteiger charge is 2.31. The summed E-state index contributed by atoms with van der Waals surface area (Å²) >= 11 is 0. The maximum atomic E-state index is 12.4. The molecule has 0 saturated heterocycles. The van der Waals surface area contributed by atoms with Gasteiger partial charge in [0, 0.05) is 4.57 Å². The molecule has 0 aromatic heterocycles. The molecule has 10 heteroatoms. The Kier molecular flexibility index (Phi) is 6.39. The van der Waals surface area contributed by atoms with Crippen molar-refractivity contribution in [3.8, 4) is 0 Å². The van der Waals surface area contributed by atoms with Gasteiger partial charge in [0.05, 0.1) is 11.1 Å². The summed E-state index contributed by atoms with van der Waals surface area (Å²) in [5.41, 5.74) is -0.910. The molecular formula is C16H12F6O3P+. The Morgan fingerprint density at radius 2 is 0.962 bits per heavy atom. The Balaban J connectivity index is 1.80.